The number of ketones is 2. The van der Waals surface area contributed by atoms with Crippen molar-refractivity contribution in [2.75, 3.05) is 18.0 Å². The number of hydrogen-bond donors (Lipinski definition) is 2. The summed E-state index contributed by atoms with van der Waals surface area (Å²) in [5.41, 5.74) is -1.21. The van der Waals surface area contributed by atoms with Crippen LogP contribution in [0.4, 0.5) is 10.5 Å². The maximum atomic E-state index is 14.6. The minimum Gasteiger partial charge on any atom is -0.439 e. The van der Waals surface area contributed by atoms with Crippen LogP contribution in [0.3, 0.4) is 0 Å². The number of likely N-dealkylation sites (tertiary alicyclic amines) is 1. The number of para-hydroxylation sites is 1. The summed E-state index contributed by atoms with van der Waals surface area (Å²) in [6, 6.07) is 7.15. The van der Waals surface area contributed by atoms with Gasteiger partial charge in [0, 0.05) is 36.9 Å². The molecule has 4 atom stereocenters. The number of hydrogen-bond acceptors (Lipinski definition) is 7. The van der Waals surface area contributed by atoms with Crippen LogP contribution in [0.1, 0.15) is 105 Å². The zero-order chi connectivity index (χ0) is 34.6. The van der Waals surface area contributed by atoms with E-state index in [0.717, 1.165) is 38.5 Å². The fourth-order valence-corrected chi connectivity index (χ4v) is 7.50. The lowest BCUT2D eigenvalue weighted by molar-refractivity contribution is -0.145. The summed E-state index contributed by atoms with van der Waals surface area (Å²) in [5, 5.41) is 5.75. The monoisotopic (exact) mass is 664 g/mol. The highest BCUT2D eigenvalue weighted by Crippen LogP contribution is 2.40. The molecule has 5 rings (SSSR count). The van der Waals surface area contributed by atoms with E-state index in [1.54, 1.807) is 12.1 Å². The molecule has 4 aliphatic rings. The molecule has 2 saturated carbocycles. The van der Waals surface area contributed by atoms with E-state index in [4.69, 9.17) is 4.74 Å². The number of anilines is 1. The topological polar surface area (TPSA) is 142 Å². The molecule has 11 heteroatoms. The molecule has 262 valence electrons. The summed E-state index contributed by atoms with van der Waals surface area (Å²) in [7, 11) is 0. The van der Waals surface area contributed by atoms with Crippen LogP contribution in [0, 0.1) is 17.3 Å². The van der Waals surface area contributed by atoms with E-state index in [1.165, 1.54) is 16.2 Å². The largest absolute Gasteiger partial charge is 0.439 e. The molecule has 1 spiro atoms. The molecular formula is C37H52N4O7. The number of carbonyl (C=O) groups excluding carboxylic acids is 6. The minimum atomic E-state index is -1.16. The first-order valence-electron chi connectivity index (χ1n) is 17.8. The normalized spacial score (nSPS) is 24.2. The van der Waals surface area contributed by atoms with Crippen LogP contribution in [0.15, 0.2) is 30.3 Å². The molecule has 1 aromatic rings. The summed E-state index contributed by atoms with van der Waals surface area (Å²) < 4.78 is 6.00. The third-order valence-electron chi connectivity index (χ3n) is 10.3. The van der Waals surface area contributed by atoms with E-state index in [9.17, 15) is 28.8 Å². The van der Waals surface area contributed by atoms with Gasteiger partial charge in [-0.3, -0.25) is 28.9 Å². The lowest BCUT2D eigenvalue weighted by Crippen LogP contribution is -2.57. The van der Waals surface area contributed by atoms with Crippen molar-refractivity contribution in [1.29, 1.82) is 0 Å². The highest BCUT2D eigenvalue weighted by Gasteiger charge is 2.57. The van der Waals surface area contributed by atoms with Gasteiger partial charge in [-0.1, -0.05) is 71.6 Å². The van der Waals surface area contributed by atoms with E-state index in [-0.39, 0.29) is 49.6 Å². The SMILES string of the molecule is CCC[C@H](CC(=O)[C@@H]1C[C@]2(CN(c3ccccc3)C(=O)O2)CN1C(=O)[C@@H](NC(=O)CC1CCCCC1)C(C)(C)C)C(=O)C(=O)NC1CC1. The first-order chi connectivity index (χ1) is 22.8. The van der Waals surface area contributed by atoms with Gasteiger partial charge in [0.25, 0.3) is 5.91 Å². The molecule has 2 heterocycles. The summed E-state index contributed by atoms with van der Waals surface area (Å²) in [6.07, 6.45) is 7.61. The van der Waals surface area contributed by atoms with Crippen molar-refractivity contribution < 1.29 is 33.5 Å². The van der Waals surface area contributed by atoms with E-state index in [0.29, 0.717) is 24.9 Å². The number of benzene rings is 1. The molecule has 2 N–H and O–H groups in total. The third-order valence-corrected chi connectivity index (χ3v) is 10.3. The van der Waals surface area contributed by atoms with Gasteiger partial charge in [-0.15, -0.1) is 0 Å². The molecule has 2 saturated heterocycles. The molecule has 0 radical (unpaired) electrons. The molecule has 0 bridgehead atoms. The second kappa shape index (κ2) is 14.8. The van der Waals surface area contributed by atoms with Gasteiger partial charge in [-0.25, -0.2) is 4.79 Å². The fraction of sp³-hybridized carbons (Fsp3) is 0.676. The van der Waals surface area contributed by atoms with Crippen molar-refractivity contribution in [2.45, 2.75) is 128 Å². The second-order valence-corrected chi connectivity index (χ2v) is 15.5. The number of amides is 4. The Morgan fingerprint density at radius 1 is 0.979 bits per heavy atom. The summed E-state index contributed by atoms with van der Waals surface area (Å²) in [4.78, 5) is 84.2. The van der Waals surface area contributed by atoms with Gasteiger partial charge in [0.05, 0.1) is 19.1 Å². The Morgan fingerprint density at radius 3 is 2.29 bits per heavy atom. The van der Waals surface area contributed by atoms with Gasteiger partial charge < -0.3 is 20.3 Å². The van der Waals surface area contributed by atoms with Crippen molar-refractivity contribution in [3.8, 4) is 0 Å². The molecular weight excluding hydrogens is 612 g/mol. The quantitative estimate of drug-likeness (QED) is 0.291. The highest BCUT2D eigenvalue weighted by molar-refractivity contribution is 6.37. The van der Waals surface area contributed by atoms with Gasteiger partial charge in [0.1, 0.15) is 6.04 Å². The van der Waals surface area contributed by atoms with Crippen molar-refractivity contribution in [3.63, 3.8) is 0 Å². The standard InChI is InChI=1S/C37H52N4O7/c1-5-12-25(31(44)33(45)38-26-17-18-26)20-29(42)28-21-37(22-40(35(47)48-37)27-15-10-7-11-16-27)23-41(28)34(46)32(36(2,3)4)39-30(43)19-24-13-8-6-9-14-24/h7,10-11,15-16,24-26,28,32H,5-6,8-9,12-14,17-23H2,1-4H3,(H,38,45)(H,39,43)/t25-,28+,32-,37+/m1/s1. The molecule has 2 aliphatic heterocycles. The third kappa shape index (κ3) is 8.44. The molecule has 11 nitrogen and oxygen atoms in total. The Balaban J connectivity index is 1.40. The van der Waals surface area contributed by atoms with Crippen LogP contribution in [-0.4, -0.2) is 77.1 Å². The first kappa shape index (κ1) is 35.5. The fourth-order valence-electron chi connectivity index (χ4n) is 7.50. The molecule has 1 aromatic carbocycles. The number of rotatable bonds is 13. The molecule has 2 aliphatic carbocycles. The number of ether oxygens (including phenoxy) is 1. The highest BCUT2D eigenvalue weighted by atomic mass is 16.6. The first-order valence-corrected chi connectivity index (χ1v) is 17.8. The number of carbonyl (C=O) groups is 6. The Kier molecular flexibility index (Phi) is 10.9. The predicted octanol–water partition coefficient (Wildman–Crippen LogP) is 4.71. The molecule has 4 fully saturated rings. The van der Waals surface area contributed by atoms with Crippen molar-refractivity contribution in [2.24, 2.45) is 17.3 Å². The maximum absolute atomic E-state index is 14.6. The number of nitrogens with one attached hydrogen (secondary N) is 2. The van der Waals surface area contributed by atoms with E-state index >= 15 is 0 Å². The van der Waals surface area contributed by atoms with E-state index in [2.05, 4.69) is 10.6 Å². The minimum absolute atomic E-state index is 0.00880. The smallest absolute Gasteiger partial charge is 0.415 e. The van der Waals surface area contributed by atoms with Gasteiger partial charge in [0.15, 0.2) is 11.4 Å². The van der Waals surface area contributed by atoms with E-state index in [1.807, 2.05) is 45.9 Å². The Hall–Kier alpha value is -3.76. The molecule has 4 amide bonds. The van der Waals surface area contributed by atoms with Crippen LogP contribution in [0.2, 0.25) is 0 Å². The lowest BCUT2D eigenvalue weighted by atomic mass is 9.84. The van der Waals surface area contributed by atoms with Crippen LogP contribution >= 0.6 is 0 Å². The van der Waals surface area contributed by atoms with Crippen LogP contribution in [-0.2, 0) is 28.7 Å². The number of Topliss-reactive ketones (excluding diaryl/α,β-unsaturated/α-hetero) is 2. The predicted molar refractivity (Wildman–Crippen MR) is 180 cm³/mol. The Morgan fingerprint density at radius 2 is 1.67 bits per heavy atom. The van der Waals surface area contributed by atoms with Crippen molar-refractivity contribution in [3.05, 3.63) is 30.3 Å². The van der Waals surface area contributed by atoms with Crippen LogP contribution < -0.4 is 15.5 Å². The van der Waals surface area contributed by atoms with Crippen LogP contribution in [0.25, 0.3) is 0 Å². The molecule has 0 unspecified atom stereocenters. The molecule has 48 heavy (non-hydrogen) atoms. The molecule has 0 aromatic heterocycles. The average Bonchev–Trinajstić information content (AvgIpc) is 3.70. The van der Waals surface area contributed by atoms with Gasteiger partial charge in [0.2, 0.25) is 17.6 Å². The van der Waals surface area contributed by atoms with Crippen molar-refractivity contribution in [1.82, 2.24) is 15.5 Å². The summed E-state index contributed by atoms with van der Waals surface area (Å²) >= 11 is 0. The van der Waals surface area contributed by atoms with Crippen LogP contribution in [0.5, 0.6) is 0 Å². The Labute approximate surface area is 283 Å². The zero-order valence-electron chi connectivity index (χ0n) is 28.9. The van der Waals surface area contributed by atoms with E-state index < -0.39 is 52.7 Å². The Bertz CT molecular complexity index is 1380. The summed E-state index contributed by atoms with van der Waals surface area (Å²) in [5.74, 6) is -2.80. The van der Waals surface area contributed by atoms with Gasteiger partial charge in [-0.2, -0.15) is 0 Å². The number of nitrogens with zero attached hydrogens (tertiary/aromatic N) is 2. The second-order valence-electron chi connectivity index (χ2n) is 15.5. The summed E-state index contributed by atoms with van der Waals surface area (Å²) in [6.45, 7) is 7.63. The van der Waals surface area contributed by atoms with Gasteiger partial charge >= 0.3 is 6.09 Å². The average molecular weight is 665 g/mol. The van der Waals surface area contributed by atoms with Gasteiger partial charge in [-0.05, 0) is 55.6 Å². The van der Waals surface area contributed by atoms with Crippen molar-refractivity contribution >= 4 is 41.1 Å². The maximum Gasteiger partial charge on any atom is 0.415 e. The zero-order valence-corrected chi connectivity index (χ0v) is 28.9. The lowest BCUT2D eigenvalue weighted by Gasteiger charge is -2.36.